The van der Waals surface area contributed by atoms with Gasteiger partial charge in [0.25, 0.3) is 0 Å². The van der Waals surface area contributed by atoms with Crippen LogP contribution in [0.15, 0.2) is 30.9 Å². The summed E-state index contributed by atoms with van der Waals surface area (Å²) in [5.74, 6) is 0.724. The third-order valence-corrected chi connectivity index (χ3v) is 1.76. The lowest BCUT2D eigenvalue weighted by Gasteiger charge is -2.09. The molecule has 3 N–H and O–H groups in total. The molecule has 0 heterocycles. The Kier molecular flexibility index (Phi) is 3.85. The van der Waals surface area contributed by atoms with Gasteiger partial charge in [0.2, 0.25) is 0 Å². The average Bonchev–Trinajstić information content (AvgIpc) is 2.19. The van der Waals surface area contributed by atoms with Crippen LogP contribution in [0.25, 0.3) is 0 Å². The number of ether oxygens (including phenoxy) is 1. The van der Waals surface area contributed by atoms with Gasteiger partial charge in [-0.05, 0) is 19.1 Å². The van der Waals surface area contributed by atoms with Crippen LogP contribution in [0.3, 0.4) is 0 Å². The molecule has 0 saturated carbocycles. The number of rotatable bonds is 5. The summed E-state index contributed by atoms with van der Waals surface area (Å²) < 4.78 is 5.37. The van der Waals surface area contributed by atoms with Gasteiger partial charge in [0.05, 0.1) is 12.3 Å². The van der Waals surface area contributed by atoms with Gasteiger partial charge in [0.1, 0.15) is 5.75 Å². The van der Waals surface area contributed by atoms with Gasteiger partial charge in [0, 0.05) is 18.3 Å². The third kappa shape index (κ3) is 2.69. The molecule has 0 aliphatic rings. The van der Waals surface area contributed by atoms with Crippen molar-refractivity contribution in [2.45, 2.75) is 6.92 Å². The molecular weight excluding hydrogens is 176 g/mol. The molecule has 3 heteroatoms. The van der Waals surface area contributed by atoms with Gasteiger partial charge >= 0.3 is 0 Å². The van der Waals surface area contributed by atoms with Crippen LogP contribution < -0.4 is 15.8 Å². The maximum absolute atomic E-state index is 5.73. The van der Waals surface area contributed by atoms with Crippen molar-refractivity contribution in [2.24, 2.45) is 0 Å². The fraction of sp³-hybridized carbons (Fsp3) is 0.273. The van der Waals surface area contributed by atoms with E-state index in [-0.39, 0.29) is 0 Å². The monoisotopic (exact) mass is 192 g/mol. The van der Waals surface area contributed by atoms with Crippen LogP contribution in [-0.2, 0) is 0 Å². The van der Waals surface area contributed by atoms with E-state index in [1.54, 1.807) is 6.08 Å². The van der Waals surface area contributed by atoms with Crippen molar-refractivity contribution in [1.82, 2.24) is 0 Å². The van der Waals surface area contributed by atoms with Crippen molar-refractivity contribution < 1.29 is 4.74 Å². The molecule has 1 aromatic rings. The normalized spacial score (nSPS) is 9.50. The average molecular weight is 192 g/mol. The molecular formula is C11H16N2O. The van der Waals surface area contributed by atoms with Gasteiger partial charge in [0.15, 0.2) is 0 Å². The Balaban J connectivity index is 2.77. The zero-order valence-corrected chi connectivity index (χ0v) is 8.42. The first-order chi connectivity index (χ1) is 6.77. The molecule has 0 aliphatic carbocycles. The molecule has 0 bridgehead atoms. The molecule has 76 valence electrons. The van der Waals surface area contributed by atoms with Gasteiger partial charge in [-0.15, -0.1) is 6.58 Å². The van der Waals surface area contributed by atoms with Crippen LogP contribution in [-0.4, -0.2) is 13.2 Å². The Bertz CT molecular complexity index is 310. The van der Waals surface area contributed by atoms with E-state index in [2.05, 4.69) is 11.9 Å². The topological polar surface area (TPSA) is 47.3 Å². The minimum absolute atomic E-state index is 0.620. The number of hydrogen-bond donors (Lipinski definition) is 2. The van der Waals surface area contributed by atoms with E-state index in [4.69, 9.17) is 10.5 Å². The van der Waals surface area contributed by atoms with Gasteiger partial charge in [-0.3, -0.25) is 0 Å². The summed E-state index contributed by atoms with van der Waals surface area (Å²) >= 11 is 0. The summed E-state index contributed by atoms with van der Waals surface area (Å²) in [6, 6.07) is 5.64. The number of anilines is 2. The molecule has 1 rings (SSSR count). The van der Waals surface area contributed by atoms with Gasteiger partial charge in [-0.1, -0.05) is 6.08 Å². The van der Waals surface area contributed by atoms with Crippen molar-refractivity contribution in [3.63, 3.8) is 0 Å². The van der Waals surface area contributed by atoms with Crippen LogP contribution in [0.4, 0.5) is 11.4 Å². The van der Waals surface area contributed by atoms with E-state index in [9.17, 15) is 0 Å². The lowest BCUT2D eigenvalue weighted by Crippen LogP contribution is -2.01. The smallest absolute Gasteiger partial charge is 0.144 e. The molecule has 0 fully saturated rings. The molecule has 0 spiro atoms. The van der Waals surface area contributed by atoms with Crippen molar-refractivity contribution in [1.29, 1.82) is 0 Å². The largest absolute Gasteiger partial charge is 0.492 e. The number of nitrogen functional groups attached to an aromatic ring is 1. The summed E-state index contributed by atoms with van der Waals surface area (Å²) in [6.07, 6.45) is 1.80. The highest BCUT2D eigenvalue weighted by Gasteiger charge is 2.00. The number of nitrogens with two attached hydrogens (primary N) is 1. The maximum atomic E-state index is 5.73. The molecule has 0 aromatic heterocycles. The predicted octanol–water partition coefficient (Wildman–Crippen LogP) is 2.27. The van der Waals surface area contributed by atoms with Crippen molar-refractivity contribution >= 4 is 11.4 Å². The Labute approximate surface area is 84.6 Å². The second-order valence-electron chi connectivity index (χ2n) is 2.86. The van der Waals surface area contributed by atoms with Crippen molar-refractivity contribution in [3.05, 3.63) is 30.9 Å². The quantitative estimate of drug-likeness (QED) is 0.555. The Morgan fingerprint density at radius 2 is 2.36 bits per heavy atom. The standard InChI is InChI=1S/C11H16N2O/c1-3-7-13-9-5-6-10(12)11(8-9)14-4-2/h3,5-6,8,13H,1,4,7,12H2,2H3. The second kappa shape index (κ2) is 5.17. The van der Waals surface area contributed by atoms with Crippen LogP contribution in [0, 0.1) is 0 Å². The highest BCUT2D eigenvalue weighted by Crippen LogP contribution is 2.25. The summed E-state index contributed by atoms with van der Waals surface area (Å²) in [6.45, 7) is 6.92. The number of benzene rings is 1. The lowest BCUT2D eigenvalue weighted by molar-refractivity contribution is 0.342. The molecule has 3 nitrogen and oxygen atoms in total. The Morgan fingerprint density at radius 3 is 3.00 bits per heavy atom. The third-order valence-electron chi connectivity index (χ3n) is 1.76. The molecule has 1 aromatic carbocycles. The highest BCUT2D eigenvalue weighted by molar-refractivity contribution is 5.61. The second-order valence-corrected chi connectivity index (χ2v) is 2.86. The van der Waals surface area contributed by atoms with Crippen LogP contribution >= 0.6 is 0 Å². The Morgan fingerprint density at radius 1 is 1.57 bits per heavy atom. The van der Waals surface area contributed by atoms with Gasteiger partial charge in [-0.25, -0.2) is 0 Å². The number of nitrogens with one attached hydrogen (secondary N) is 1. The zero-order valence-electron chi connectivity index (χ0n) is 8.42. The van der Waals surface area contributed by atoms with E-state index in [1.807, 2.05) is 25.1 Å². The summed E-state index contributed by atoms with van der Waals surface area (Å²) in [5.41, 5.74) is 7.38. The molecule has 0 saturated heterocycles. The van der Waals surface area contributed by atoms with Crippen LogP contribution in [0.2, 0.25) is 0 Å². The van der Waals surface area contributed by atoms with E-state index < -0.39 is 0 Å². The van der Waals surface area contributed by atoms with Gasteiger partial charge in [-0.2, -0.15) is 0 Å². The zero-order chi connectivity index (χ0) is 10.4. The maximum Gasteiger partial charge on any atom is 0.144 e. The van der Waals surface area contributed by atoms with E-state index in [0.29, 0.717) is 12.3 Å². The van der Waals surface area contributed by atoms with Gasteiger partial charge < -0.3 is 15.8 Å². The molecule has 0 unspecified atom stereocenters. The fourth-order valence-corrected chi connectivity index (χ4v) is 1.11. The first kappa shape index (κ1) is 10.4. The van der Waals surface area contributed by atoms with Crippen LogP contribution in [0.5, 0.6) is 5.75 Å². The SMILES string of the molecule is C=CCNc1ccc(N)c(OCC)c1. The lowest BCUT2D eigenvalue weighted by atomic mass is 10.2. The molecule has 0 atom stereocenters. The predicted molar refractivity (Wildman–Crippen MR) is 60.7 cm³/mol. The van der Waals surface area contributed by atoms with E-state index >= 15 is 0 Å². The molecule has 14 heavy (non-hydrogen) atoms. The highest BCUT2D eigenvalue weighted by atomic mass is 16.5. The minimum atomic E-state index is 0.620. The minimum Gasteiger partial charge on any atom is -0.492 e. The molecule has 0 amide bonds. The first-order valence-electron chi connectivity index (χ1n) is 4.65. The summed E-state index contributed by atoms with van der Waals surface area (Å²) in [5, 5.41) is 3.17. The van der Waals surface area contributed by atoms with E-state index in [1.165, 1.54) is 0 Å². The summed E-state index contributed by atoms with van der Waals surface area (Å²) in [7, 11) is 0. The number of hydrogen-bond acceptors (Lipinski definition) is 3. The van der Waals surface area contributed by atoms with Crippen molar-refractivity contribution in [2.75, 3.05) is 24.2 Å². The Hall–Kier alpha value is -1.64. The molecule has 0 aliphatic heterocycles. The van der Waals surface area contributed by atoms with Crippen molar-refractivity contribution in [3.8, 4) is 5.75 Å². The first-order valence-corrected chi connectivity index (χ1v) is 4.65. The summed E-state index contributed by atoms with van der Waals surface area (Å²) in [4.78, 5) is 0. The van der Waals surface area contributed by atoms with E-state index in [0.717, 1.165) is 18.0 Å². The fourth-order valence-electron chi connectivity index (χ4n) is 1.11. The van der Waals surface area contributed by atoms with Crippen LogP contribution in [0.1, 0.15) is 6.92 Å². The molecule has 0 radical (unpaired) electrons.